The maximum atomic E-state index is 4.49. The molecule has 19 heavy (non-hydrogen) atoms. The number of benzene rings is 1. The lowest BCUT2D eigenvalue weighted by Crippen LogP contribution is -1.91. The lowest BCUT2D eigenvalue weighted by molar-refractivity contribution is 1.05. The Hall–Kier alpha value is -2.62. The van der Waals surface area contributed by atoms with Gasteiger partial charge >= 0.3 is 0 Å². The van der Waals surface area contributed by atoms with Crippen molar-refractivity contribution in [2.75, 3.05) is 0 Å². The van der Waals surface area contributed by atoms with Crippen LogP contribution in [0.1, 0.15) is 5.56 Å². The van der Waals surface area contributed by atoms with E-state index in [2.05, 4.69) is 39.0 Å². The van der Waals surface area contributed by atoms with E-state index in [0.29, 0.717) is 5.82 Å². The Bertz CT molecular complexity index is 678. The van der Waals surface area contributed by atoms with Crippen LogP contribution in [0.15, 0.2) is 55.2 Å². The number of hydrogen-bond acceptors (Lipinski definition) is 4. The van der Waals surface area contributed by atoms with Gasteiger partial charge in [0.1, 0.15) is 12.7 Å². The van der Waals surface area contributed by atoms with Gasteiger partial charge in [0.2, 0.25) is 0 Å². The zero-order valence-electron chi connectivity index (χ0n) is 10.5. The molecule has 0 radical (unpaired) electrons. The Morgan fingerprint density at radius 1 is 0.842 bits per heavy atom. The zero-order chi connectivity index (χ0) is 13.1. The Labute approximate surface area is 111 Å². The van der Waals surface area contributed by atoms with E-state index in [9.17, 15) is 0 Å². The minimum absolute atomic E-state index is 0.638. The Morgan fingerprint density at radius 2 is 1.63 bits per heavy atom. The SMILES string of the molecule is Cc1ccccc1-c1ccc(-c2ncncn2)cn1. The van der Waals surface area contributed by atoms with Gasteiger partial charge in [-0.25, -0.2) is 15.0 Å². The average Bonchev–Trinajstić information content (AvgIpc) is 2.49. The second-order valence-corrected chi connectivity index (χ2v) is 4.21. The molecule has 0 unspecified atom stereocenters. The number of aromatic nitrogens is 4. The number of hydrogen-bond donors (Lipinski definition) is 0. The summed E-state index contributed by atoms with van der Waals surface area (Å²) in [5, 5.41) is 0. The molecule has 1 aromatic carbocycles. The number of nitrogens with zero attached hydrogens (tertiary/aromatic N) is 4. The third-order valence-corrected chi connectivity index (χ3v) is 2.94. The summed E-state index contributed by atoms with van der Waals surface area (Å²) >= 11 is 0. The first kappa shape index (κ1) is 11.5. The molecule has 4 heteroatoms. The monoisotopic (exact) mass is 248 g/mol. The van der Waals surface area contributed by atoms with Crippen molar-refractivity contribution in [3.8, 4) is 22.6 Å². The summed E-state index contributed by atoms with van der Waals surface area (Å²) in [7, 11) is 0. The molecule has 2 aromatic heterocycles. The zero-order valence-corrected chi connectivity index (χ0v) is 10.5. The highest BCUT2D eigenvalue weighted by Crippen LogP contribution is 2.22. The molecule has 0 aliphatic carbocycles. The second kappa shape index (κ2) is 4.94. The van der Waals surface area contributed by atoms with Crippen LogP contribution in [0.2, 0.25) is 0 Å². The number of aryl methyl sites for hydroxylation is 1. The average molecular weight is 248 g/mol. The van der Waals surface area contributed by atoms with Gasteiger partial charge in [-0.15, -0.1) is 0 Å². The summed E-state index contributed by atoms with van der Waals surface area (Å²) in [5.41, 5.74) is 4.20. The second-order valence-electron chi connectivity index (χ2n) is 4.21. The van der Waals surface area contributed by atoms with E-state index in [1.807, 2.05) is 24.3 Å². The molecular weight excluding hydrogens is 236 g/mol. The van der Waals surface area contributed by atoms with Crippen molar-refractivity contribution in [1.82, 2.24) is 19.9 Å². The van der Waals surface area contributed by atoms with Crippen molar-refractivity contribution in [2.45, 2.75) is 6.92 Å². The van der Waals surface area contributed by atoms with Crippen molar-refractivity contribution in [3.63, 3.8) is 0 Å². The Kier molecular flexibility index (Phi) is 2.98. The molecule has 0 aliphatic rings. The minimum Gasteiger partial charge on any atom is -0.255 e. The summed E-state index contributed by atoms with van der Waals surface area (Å²) in [5.74, 6) is 0.638. The maximum absolute atomic E-state index is 4.49. The summed E-state index contributed by atoms with van der Waals surface area (Å²) in [6, 6.07) is 12.2. The lowest BCUT2D eigenvalue weighted by atomic mass is 10.0. The van der Waals surface area contributed by atoms with Crippen LogP contribution in [0.4, 0.5) is 0 Å². The molecule has 0 N–H and O–H groups in total. The molecule has 92 valence electrons. The van der Waals surface area contributed by atoms with Gasteiger partial charge in [-0.05, 0) is 24.6 Å². The van der Waals surface area contributed by atoms with Crippen LogP contribution in [0, 0.1) is 6.92 Å². The van der Waals surface area contributed by atoms with Gasteiger partial charge in [0.15, 0.2) is 5.82 Å². The first-order valence-corrected chi connectivity index (χ1v) is 5.99. The number of pyridine rings is 1. The van der Waals surface area contributed by atoms with Crippen LogP contribution >= 0.6 is 0 Å². The smallest absolute Gasteiger partial charge is 0.164 e. The highest BCUT2D eigenvalue weighted by Gasteiger charge is 2.04. The molecule has 0 amide bonds. The van der Waals surface area contributed by atoms with Gasteiger partial charge < -0.3 is 0 Å². The van der Waals surface area contributed by atoms with Crippen molar-refractivity contribution in [3.05, 3.63) is 60.8 Å². The van der Waals surface area contributed by atoms with E-state index in [1.165, 1.54) is 18.2 Å². The van der Waals surface area contributed by atoms with Gasteiger partial charge in [0.05, 0.1) is 5.69 Å². The summed E-state index contributed by atoms with van der Waals surface area (Å²) in [4.78, 5) is 16.5. The standard InChI is InChI=1S/C15H12N4/c1-11-4-2-3-5-13(11)14-7-6-12(8-17-14)15-18-9-16-10-19-15/h2-10H,1H3. The van der Waals surface area contributed by atoms with Crippen molar-refractivity contribution < 1.29 is 0 Å². The van der Waals surface area contributed by atoms with E-state index in [4.69, 9.17) is 0 Å². The molecular formula is C15H12N4. The molecule has 4 nitrogen and oxygen atoms in total. The lowest BCUT2D eigenvalue weighted by Gasteiger charge is -2.05. The third kappa shape index (κ3) is 2.33. The summed E-state index contributed by atoms with van der Waals surface area (Å²) in [6.07, 6.45) is 4.76. The van der Waals surface area contributed by atoms with Crippen LogP contribution < -0.4 is 0 Å². The largest absolute Gasteiger partial charge is 0.255 e. The first-order chi connectivity index (χ1) is 9.34. The predicted molar refractivity (Wildman–Crippen MR) is 73.2 cm³/mol. The Morgan fingerprint density at radius 3 is 2.32 bits per heavy atom. The van der Waals surface area contributed by atoms with Gasteiger partial charge in [-0.2, -0.15) is 0 Å². The fraction of sp³-hybridized carbons (Fsp3) is 0.0667. The van der Waals surface area contributed by atoms with E-state index in [0.717, 1.165) is 16.8 Å². The highest BCUT2D eigenvalue weighted by molar-refractivity contribution is 5.65. The third-order valence-electron chi connectivity index (χ3n) is 2.94. The van der Waals surface area contributed by atoms with Crippen LogP contribution in [-0.4, -0.2) is 19.9 Å². The van der Waals surface area contributed by atoms with E-state index in [-0.39, 0.29) is 0 Å². The molecule has 0 spiro atoms. The summed E-state index contributed by atoms with van der Waals surface area (Å²) in [6.45, 7) is 2.08. The Balaban J connectivity index is 1.98. The molecule has 0 saturated heterocycles. The predicted octanol–water partition coefficient (Wildman–Crippen LogP) is 2.91. The fourth-order valence-corrected chi connectivity index (χ4v) is 1.93. The molecule has 0 bridgehead atoms. The van der Waals surface area contributed by atoms with E-state index >= 15 is 0 Å². The van der Waals surface area contributed by atoms with Crippen LogP contribution in [0.25, 0.3) is 22.6 Å². The van der Waals surface area contributed by atoms with Crippen molar-refractivity contribution in [2.24, 2.45) is 0 Å². The van der Waals surface area contributed by atoms with E-state index in [1.54, 1.807) is 6.20 Å². The summed E-state index contributed by atoms with van der Waals surface area (Å²) < 4.78 is 0. The van der Waals surface area contributed by atoms with Crippen molar-refractivity contribution in [1.29, 1.82) is 0 Å². The van der Waals surface area contributed by atoms with Gasteiger partial charge in [-0.1, -0.05) is 24.3 Å². The van der Waals surface area contributed by atoms with Crippen molar-refractivity contribution >= 4 is 0 Å². The topological polar surface area (TPSA) is 51.6 Å². The fourth-order valence-electron chi connectivity index (χ4n) is 1.93. The molecule has 0 atom stereocenters. The molecule has 3 aromatic rings. The van der Waals surface area contributed by atoms with Gasteiger partial charge in [0, 0.05) is 17.3 Å². The molecule has 0 aliphatic heterocycles. The van der Waals surface area contributed by atoms with Crippen LogP contribution in [-0.2, 0) is 0 Å². The van der Waals surface area contributed by atoms with E-state index < -0.39 is 0 Å². The van der Waals surface area contributed by atoms with Crippen LogP contribution in [0.5, 0.6) is 0 Å². The quantitative estimate of drug-likeness (QED) is 0.699. The van der Waals surface area contributed by atoms with Gasteiger partial charge in [-0.3, -0.25) is 4.98 Å². The normalized spacial score (nSPS) is 10.4. The van der Waals surface area contributed by atoms with Crippen LogP contribution in [0.3, 0.4) is 0 Å². The highest BCUT2D eigenvalue weighted by atomic mass is 15.0. The minimum atomic E-state index is 0.638. The molecule has 2 heterocycles. The van der Waals surface area contributed by atoms with Gasteiger partial charge in [0.25, 0.3) is 0 Å². The number of rotatable bonds is 2. The molecule has 3 rings (SSSR count). The maximum Gasteiger partial charge on any atom is 0.164 e. The molecule has 0 fully saturated rings. The first-order valence-electron chi connectivity index (χ1n) is 5.99. The molecule has 0 saturated carbocycles.